The van der Waals surface area contributed by atoms with Gasteiger partial charge >= 0.3 is 0 Å². The summed E-state index contributed by atoms with van der Waals surface area (Å²) in [6, 6.07) is 0.571. The number of piperidine rings is 1. The van der Waals surface area contributed by atoms with Gasteiger partial charge in [-0.05, 0) is 33.1 Å². The predicted octanol–water partition coefficient (Wildman–Crippen LogP) is 1.78. The fraction of sp³-hybridized carbons (Fsp3) is 0.857. The number of hydrogen-bond donors (Lipinski definition) is 2. The smallest absolute Gasteiger partial charge is 0.0564 e. The lowest BCUT2D eigenvalue weighted by molar-refractivity contribution is 0.0582. The number of aliphatic hydroxyl groups is 1. The van der Waals surface area contributed by atoms with E-state index in [9.17, 15) is 5.11 Å². The van der Waals surface area contributed by atoms with Crippen molar-refractivity contribution in [2.45, 2.75) is 57.7 Å². The molecule has 0 spiro atoms. The van der Waals surface area contributed by atoms with Crippen LogP contribution in [0.4, 0.5) is 0 Å². The van der Waals surface area contributed by atoms with Gasteiger partial charge in [0.15, 0.2) is 0 Å². The highest BCUT2D eigenvalue weighted by Gasteiger charge is 2.24. The van der Waals surface area contributed by atoms with Crippen LogP contribution in [0.3, 0.4) is 0 Å². The van der Waals surface area contributed by atoms with Crippen molar-refractivity contribution in [2.75, 3.05) is 19.6 Å². The molecule has 0 saturated carbocycles. The van der Waals surface area contributed by atoms with Gasteiger partial charge in [-0.1, -0.05) is 13.0 Å². The van der Waals surface area contributed by atoms with Gasteiger partial charge in [-0.3, -0.25) is 4.90 Å². The van der Waals surface area contributed by atoms with Gasteiger partial charge < -0.3 is 10.4 Å². The number of hydrogen-bond acceptors (Lipinski definition) is 3. The minimum absolute atomic E-state index is 0.00270. The SMILES string of the molecule is C=CC(C)(C)NCC(CC)N1CCC(O)CC1. The molecule has 1 rings (SSSR count). The molecular weight excluding hydrogens is 212 g/mol. The van der Waals surface area contributed by atoms with Crippen molar-refractivity contribution in [3.8, 4) is 0 Å². The summed E-state index contributed by atoms with van der Waals surface area (Å²) in [7, 11) is 0. The van der Waals surface area contributed by atoms with E-state index in [2.05, 4.69) is 37.6 Å². The van der Waals surface area contributed by atoms with Crippen LogP contribution in [0.2, 0.25) is 0 Å². The molecule has 1 aliphatic heterocycles. The summed E-state index contributed by atoms with van der Waals surface area (Å²) in [6.45, 7) is 13.4. The fourth-order valence-electron chi connectivity index (χ4n) is 2.24. The van der Waals surface area contributed by atoms with E-state index in [1.54, 1.807) is 0 Å². The summed E-state index contributed by atoms with van der Waals surface area (Å²) in [5, 5.41) is 13.1. The van der Waals surface area contributed by atoms with Crippen LogP contribution >= 0.6 is 0 Å². The Bertz CT molecular complexity index is 232. The second-order valence-electron chi connectivity index (χ2n) is 5.64. The van der Waals surface area contributed by atoms with Crippen LogP contribution in [-0.4, -0.2) is 47.3 Å². The molecule has 1 atom stereocenters. The van der Waals surface area contributed by atoms with Gasteiger partial charge in [-0.2, -0.15) is 0 Å². The van der Waals surface area contributed by atoms with Gasteiger partial charge in [0.2, 0.25) is 0 Å². The highest BCUT2D eigenvalue weighted by Crippen LogP contribution is 2.15. The monoisotopic (exact) mass is 240 g/mol. The topological polar surface area (TPSA) is 35.5 Å². The standard InChI is InChI=1S/C14H28N2O/c1-5-12(11-15-14(3,4)6-2)16-9-7-13(17)8-10-16/h6,12-13,15,17H,2,5,7-11H2,1,3-4H3. The Morgan fingerprint density at radius 3 is 2.53 bits per heavy atom. The van der Waals surface area contributed by atoms with E-state index in [1.807, 2.05) is 6.08 Å². The number of aliphatic hydroxyl groups excluding tert-OH is 1. The highest BCUT2D eigenvalue weighted by atomic mass is 16.3. The quantitative estimate of drug-likeness (QED) is 0.695. The van der Waals surface area contributed by atoms with E-state index in [4.69, 9.17) is 0 Å². The third kappa shape index (κ3) is 4.78. The molecule has 100 valence electrons. The Morgan fingerprint density at radius 2 is 2.06 bits per heavy atom. The minimum Gasteiger partial charge on any atom is -0.393 e. The second-order valence-corrected chi connectivity index (χ2v) is 5.64. The fourth-order valence-corrected chi connectivity index (χ4v) is 2.24. The van der Waals surface area contributed by atoms with E-state index in [0.29, 0.717) is 6.04 Å². The molecule has 2 N–H and O–H groups in total. The molecule has 0 amide bonds. The Balaban J connectivity index is 2.40. The van der Waals surface area contributed by atoms with Crippen molar-refractivity contribution in [1.82, 2.24) is 10.2 Å². The first-order chi connectivity index (χ1) is 7.98. The molecule has 0 bridgehead atoms. The first-order valence-electron chi connectivity index (χ1n) is 6.79. The largest absolute Gasteiger partial charge is 0.393 e. The van der Waals surface area contributed by atoms with Crippen LogP contribution in [-0.2, 0) is 0 Å². The third-order valence-electron chi connectivity index (χ3n) is 3.79. The molecule has 1 saturated heterocycles. The molecule has 3 heteroatoms. The van der Waals surface area contributed by atoms with E-state index < -0.39 is 0 Å². The molecule has 0 aromatic heterocycles. The van der Waals surface area contributed by atoms with Crippen molar-refractivity contribution in [2.24, 2.45) is 0 Å². The number of nitrogens with one attached hydrogen (secondary N) is 1. The molecule has 17 heavy (non-hydrogen) atoms. The summed E-state index contributed by atoms with van der Waals surface area (Å²) >= 11 is 0. The maximum Gasteiger partial charge on any atom is 0.0564 e. The van der Waals surface area contributed by atoms with Crippen LogP contribution in [0.5, 0.6) is 0 Å². The average molecular weight is 240 g/mol. The van der Waals surface area contributed by atoms with Crippen LogP contribution < -0.4 is 5.32 Å². The van der Waals surface area contributed by atoms with Crippen LogP contribution in [0.25, 0.3) is 0 Å². The van der Waals surface area contributed by atoms with E-state index >= 15 is 0 Å². The summed E-state index contributed by atoms with van der Waals surface area (Å²) in [5.41, 5.74) is 0.00270. The van der Waals surface area contributed by atoms with Crippen molar-refractivity contribution in [3.05, 3.63) is 12.7 Å². The molecule has 0 aromatic carbocycles. The molecule has 0 aliphatic carbocycles. The van der Waals surface area contributed by atoms with E-state index in [0.717, 1.165) is 38.9 Å². The first-order valence-corrected chi connectivity index (χ1v) is 6.79. The summed E-state index contributed by atoms with van der Waals surface area (Å²) in [4.78, 5) is 2.50. The maximum atomic E-state index is 9.52. The average Bonchev–Trinajstić information content (AvgIpc) is 2.32. The zero-order valence-electron chi connectivity index (χ0n) is 11.6. The molecule has 1 aliphatic rings. The summed E-state index contributed by atoms with van der Waals surface area (Å²) in [5.74, 6) is 0. The Kier molecular flexibility index (Phi) is 5.63. The van der Waals surface area contributed by atoms with Gasteiger partial charge in [0.05, 0.1) is 6.10 Å². The first kappa shape index (κ1) is 14.7. The lowest BCUT2D eigenvalue weighted by atomic mass is 10.0. The molecular formula is C14H28N2O. The number of rotatable bonds is 6. The maximum absolute atomic E-state index is 9.52. The Hall–Kier alpha value is -0.380. The van der Waals surface area contributed by atoms with Crippen molar-refractivity contribution >= 4 is 0 Å². The van der Waals surface area contributed by atoms with Gasteiger partial charge in [0, 0.05) is 31.2 Å². The zero-order valence-corrected chi connectivity index (χ0v) is 11.6. The highest BCUT2D eigenvalue weighted by molar-refractivity contribution is 4.96. The van der Waals surface area contributed by atoms with Gasteiger partial charge in [0.1, 0.15) is 0 Å². The van der Waals surface area contributed by atoms with Gasteiger partial charge in [-0.15, -0.1) is 6.58 Å². The Labute approximate surface area is 106 Å². The third-order valence-corrected chi connectivity index (χ3v) is 3.79. The molecule has 3 nitrogen and oxygen atoms in total. The second kappa shape index (κ2) is 6.53. The summed E-state index contributed by atoms with van der Waals surface area (Å²) in [6.07, 6.45) is 4.86. The van der Waals surface area contributed by atoms with E-state index in [1.165, 1.54) is 0 Å². The molecule has 0 aromatic rings. The van der Waals surface area contributed by atoms with Crippen molar-refractivity contribution in [1.29, 1.82) is 0 Å². The van der Waals surface area contributed by atoms with Crippen LogP contribution in [0.1, 0.15) is 40.0 Å². The van der Waals surface area contributed by atoms with Crippen LogP contribution in [0.15, 0.2) is 12.7 Å². The molecule has 1 unspecified atom stereocenters. The van der Waals surface area contributed by atoms with Gasteiger partial charge in [-0.25, -0.2) is 0 Å². The lowest BCUT2D eigenvalue weighted by Gasteiger charge is -2.37. The normalized spacial score (nSPS) is 21.4. The Morgan fingerprint density at radius 1 is 1.47 bits per heavy atom. The number of nitrogens with zero attached hydrogens (tertiary/aromatic N) is 1. The summed E-state index contributed by atoms with van der Waals surface area (Å²) < 4.78 is 0. The van der Waals surface area contributed by atoms with Gasteiger partial charge in [0.25, 0.3) is 0 Å². The molecule has 1 fully saturated rings. The molecule has 1 heterocycles. The lowest BCUT2D eigenvalue weighted by Crippen LogP contribution is -2.50. The molecule has 0 radical (unpaired) electrons. The zero-order chi connectivity index (χ0) is 12.9. The van der Waals surface area contributed by atoms with Crippen LogP contribution in [0, 0.1) is 0 Å². The number of likely N-dealkylation sites (tertiary alicyclic amines) is 1. The predicted molar refractivity (Wildman–Crippen MR) is 73.2 cm³/mol. The van der Waals surface area contributed by atoms with Crippen molar-refractivity contribution < 1.29 is 5.11 Å². The van der Waals surface area contributed by atoms with Crippen molar-refractivity contribution in [3.63, 3.8) is 0 Å². The minimum atomic E-state index is -0.0821. The van der Waals surface area contributed by atoms with E-state index in [-0.39, 0.29) is 11.6 Å².